The van der Waals surface area contributed by atoms with Gasteiger partial charge in [0.05, 0.1) is 13.7 Å². The van der Waals surface area contributed by atoms with E-state index in [9.17, 15) is 9.59 Å². The molecule has 19 heavy (non-hydrogen) atoms. The highest BCUT2D eigenvalue weighted by Crippen LogP contribution is 2.16. The molecule has 3 N–H and O–H groups in total. The van der Waals surface area contributed by atoms with Gasteiger partial charge in [-0.3, -0.25) is 5.21 Å². The fourth-order valence-electron chi connectivity index (χ4n) is 1.12. The second-order valence-electron chi connectivity index (χ2n) is 3.24. The number of rotatable bonds is 5. The molecule has 1 aromatic rings. The molecular formula is C11H14N2O6. The Balaban J connectivity index is 2.25. The Labute approximate surface area is 109 Å². The van der Waals surface area contributed by atoms with Crippen LogP contribution in [0.15, 0.2) is 24.3 Å². The Morgan fingerprint density at radius 1 is 1.16 bits per heavy atom. The highest BCUT2D eigenvalue weighted by atomic mass is 16.6. The van der Waals surface area contributed by atoms with E-state index in [4.69, 9.17) is 14.7 Å². The number of benzene rings is 1. The second-order valence-corrected chi connectivity index (χ2v) is 3.24. The van der Waals surface area contributed by atoms with E-state index < -0.39 is 12.2 Å². The van der Waals surface area contributed by atoms with Crippen LogP contribution < -0.4 is 20.3 Å². The maximum atomic E-state index is 11.3. The first-order valence-corrected chi connectivity index (χ1v) is 5.32. The summed E-state index contributed by atoms with van der Waals surface area (Å²) in [5.74, 6) is 1.00. The smallest absolute Gasteiger partial charge is 0.431 e. The van der Waals surface area contributed by atoms with Gasteiger partial charge >= 0.3 is 12.2 Å². The molecular weight excluding hydrogens is 256 g/mol. The van der Waals surface area contributed by atoms with E-state index >= 15 is 0 Å². The molecule has 0 aliphatic rings. The summed E-state index contributed by atoms with van der Waals surface area (Å²) in [6.45, 7) is -0.0352. The fraction of sp³-hybridized carbons (Fsp3) is 0.273. The maximum Gasteiger partial charge on any atom is 0.431 e. The van der Waals surface area contributed by atoms with Gasteiger partial charge in [0.1, 0.15) is 18.1 Å². The molecule has 2 amide bonds. The van der Waals surface area contributed by atoms with Crippen molar-refractivity contribution in [2.75, 3.05) is 20.3 Å². The van der Waals surface area contributed by atoms with E-state index in [2.05, 4.69) is 10.1 Å². The van der Waals surface area contributed by atoms with Crippen LogP contribution in [0.2, 0.25) is 0 Å². The van der Waals surface area contributed by atoms with Gasteiger partial charge in [0.15, 0.2) is 0 Å². The average molecular weight is 270 g/mol. The Kier molecular flexibility index (Phi) is 5.96. The van der Waals surface area contributed by atoms with Crippen LogP contribution in [-0.4, -0.2) is 37.7 Å². The zero-order valence-electron chi connectivity index (χ0n) is 10.2. The molecule has 0 radical (unpaired) electrons. The van der Waals surface area contributed by atoms with Crippen LogP contribution in [-0.2, 0) is 4.74 Å². The number of amides is 2. The van der Waals surface area contributed by atoms with Crippen molar-refractivity contribution >= 4 is 12.2 Å². The summed E-state index contributed by atoms with van der Waals surface area (Å²) in [5, 5.41) is 10.5. The lowest BCUT2D eigenvalue weighted by atomic mass is 10.3. The largest absolute Gasteiger partial charge is 0.497 e. The van der Waals surface area contributed by atoms with E-state index in [1.807, 2.05) is 0 Å². The van der Waals surface area contributed by atoms with Crippen molar-refractivity contribution in [2.24, 2.45) is 0 Å². The number of hydrogen-bond acceptors (Lipinski definition) is 6. The monoisotopic (exact) mass is 270 g/mol. The van der Waals surface area contributed by atoms with Crippen LogP contribution >= 0.6 is 0 Å². The first kappa shape index (κ1) is 14.6. The molecule has 1 aromatic carbocycles. The maximum absolute atomic E-state index is 11.3. The van der Waals surface area contributed by atoms with Gasteiger partial charge in [-0.05, 0) is 24.3 Å². The molecule has 0 saturated heterocycles. The van der Waals surface area contributed by atoms with Crippen LogP contribution in [0.25, 0.3) is 0 Å². The van der Waals surface area contributed by atoms with E-state index in [1.54, 1.807) is 24.3 Å². The number of hydrogen-bond donors (Lipinski definition) is 3. The summed E-state index contributed by atoms with van der Waals surface area (Å²) in [6.07, 6.45) is -1.68. The Morgan fingerprint density at radius 3 is 2.37 bits per heavy atom. The van der Waals surface area contributed by atoms with E-state index in [0.717, 1.165) is 0 Å². The number of carbonyl (C=O) groups is 2. The van der Waals surface area contributed by atoms with E-state index in [-0.39, 0.29) is 13.2 Å². The predicted octanol–water partition coefficient (Wildman–Crippen LogP) is 0.899. The SMILES string of the molecule is COc1ccc(OC(=O)NCCOC(=O)NO)cc1. The van der Waals surface area contributed by atoms with Gasteiger partial charge in [-0.1, -0.05) is 0 Å². The highest BCUT2D eigenvalue weighted by molar-refractivity contribution is 5.70. The topological polar surface area (TPSA) is 106 Å². The number of nitrogens with one attached hydrogen (secondary N) is 2. The third kappa shape index (κ3) is 5.59. The summed E-state index contributed by atoms with van der Waals surface area (Å²) >= 11 is 0. The lowest BCUT2D eigenvalue weighted by molar-refractivity contribution is 0.0895. The van der Waals surface area contributed by atoms with Gasteiger partial charge in [-0.2, -0.15) is 0 Å². The zero-order valence-corrected chi connectivity index (χ0v) is 10.2. The third-order valence-electron chi connectivity index (χ3n) is 1.97. The van der Waals surface area contributed by atoms with E-state index in [0.29, 0.717) is 11.5 Å². The lowest BCUT2D eigenvalue weighted by Gasteiger charge is -2.07. The molecule has 0 aromatic heterocycles. The normalized spacial score (nSPS) is 9.37. The van der Waals surface area contributed by atoms with Crippen molar-refractivity contribution < 1.29 is 29.0 Å². The van der Waals surface area contributed by atoms with Crippen molar-refractivity contribution in [1.29, 1.82) is 0 Å². The molecule has 0 saturated carbocycles. The minimum atomic E-state index is -0.995. The molecule has 8 nitrogen and oxygen atoms in total. The molecule has 8 heteroatoms. The van der Waals surface area contributed by atoms with Crippen molar-refractivity contribution in [1.82, 2.24) is 10.8 Å². The molecule has 0 atom stereocenters. The Bertz CT molecular complexity index is 420. The standard InChI is InChI=1S/C11H14N2O6/c1-17-8-2-4-9(5-3-8)19-10(14)12-6-7-18-11(15)13-16/h2-5,16H,6-7H2,1H3,(H,12,14)(H,13,15). The van der Waals surface area contributed by atoms with Crippen molar-refractivity contribution in [3.8, 4) is 11.5 Å². The first-order chi connectivity index (χ1) is 9.15. The summed E-state index contributed by atoms with van der Waals surface area (Å²) in [6, 6.07) is 6.46. The van der Waals surface area contributed by atoms with Crippen LogP contribution in [0.5, 0.6) is 11.5 Å². The summed E-state index contributed by atoms with van der Waals surface area (Å²) in [4.78, 5) is 21.8. The summed E-state index contributed by atoms with van der Waals surface area (Å²) in [5.41, 5.74) is 1.29. The molecule has 0 unspecified atom stereocenters. The van der Waals surface area contributed by atoms with Gasteiger partial charge in [-0.15, -0.1) is 0 Å². The van der Waals surface area contributed by atoms with Crippen molar-refractivity contribution in [3.05, 3.63) is 24.3 Å². The second kappa shape index (κ2) is 7.77. The average Bonchev–Trinajstić information content (AvgIpc) is 2.44. The minimum Gasteiger partial charge on any atom is -0.497 e. The van der Waals surface area contributed by atoms with E-state index in [1.165, 1.54) is 12.6 Å². The van der Waals surface area contributed by atoms with Gasteiger partial charge in [0.2, 0.25) is 0 Å². The van der Waals surface area contributed by atoms with Gasteiger partial charge < -0.3 is 19.5 Å². The Morgan fingerprint density at radius 2 is 1.79 bits per heavy atom. The Hall–Kier alpha value is -2.48. The zero-order chi connectivity index (χ0) is 14.1. The van der Waals surface area contributed by atoms with Gasteiger partial charge in [0.25, 0.3) is 0 Å². The van der Waals surface area contributed by atoms with Crippen LogP contribution in [0.1, 0.15) is 0 Å². The molecule has 0 fully saturated rings. The van der Waals surface area contributed by atoms with Crippen molar-refractivity contribution in [3.63, 3.8) is 0 Å². The minimum absolute atomic E-state index is 0.0579. The highest BCUT2D eigenvalue weighted by Gasteiger charge is 2.04. The molecule has 0 aliphatic carbocycles. The number of methoxy groups -OCH3 is 1. The van der Waals surface area contributed by atoms with Crippen LogP contribution in [0, 0.1) is 0 Å². The van der Waals surface area contributed by atoms with Crippen LogP contribution in [0.3, 0.4) is 0 Å². The molecule has 104 valence electrons. The molecule has 1 rings (SSSR count). The molecule has 0 spiro atoms. The number of ether oxygens (including phenoxy) is 3. The molecule has 0 aliphatic heterocycles. The van der Waals surface area contributed by atoms with Gasteiger partial charge in [-0.25, -0.2) is 15.1 Å². The van der Waals surface area contributed by atoms with Crippen LogP contribution in [0.4, 0.5) is 9.59 Å². The number of carbonyl (C=O) groups excluding carboxylic acids is 2. The molecule has 0 bridgehead atoms. The van der Waals surface area contributed by atoms with Gasteiger partial charge in [0, 0.05) is 0 Å². The summed E-state index contributed by atoms with van der Waals surface area (Å²) in [7, 11) is 1.53. The molecule has 0 heterocycles. The number of hydroxylamine groups is 1. The third-order valence-corrected chi connectivity index (χ3v) is 1.97. The quantitative estimate of drug-likeness (QED) is 0.417. The fourth-order valence-corrected chi connectivity index (χ4v) is 1.12. The predicted molar refractivity (Wildman–Crippen MR) is 63.3 cm³/mol. The first-order valence-electron chi connectivity index (χ1n) is 5.32. The van der Waals surface area contributed by atoms with Crippen molar-refractivity contribution in [2.45, 2.75) is 0 Å². The summed E-state index contributed by atoms with van der Waals surface area (Å²) < 4.78 is 14.3. The lowest BCUT2D eigenvalue weighted by Crippen LogP contribution is -2.31.